The minimum absolute atomic E-state index is 0.195. The maximum Gasteiger partial charge on any atom is 0.256 e. The number of aryl methyl sites for hydroxylation is 1. The van der Waals surface area contributed by atoms with Crippen LogP contribution >= 0.6 is 0 Å². The molecule has 0 saturated heterocycles. The quantitative estimate of drug-likeness (QED) is 0.401. The lowest BCUT2D eigenvalue weighted by Crippen LogP contribution is -2.20. The molecule has 0 unspecified atom stereocenters. The Labute approximate surface area is 194 Å². The SMILES string of the molecule is Cc1nc(-n2nc(-c3ccco3)cc2NC(=O)c2ccc(-c3ccccc3)cc2)[nH]c(=O)c1C. The first kappa shape index (κ1) is 21.1. The molecule has 5 aromatic rings. The molecular formula is C26H21N5O3. The highest BCUT2D eigenvalue weighted by Gasteiger charge is 2.18. The number of hydrogen-bond acceptors (Lipinski definition) is 5. The van der Waals surface area contributed by atoms with Crippen molar-refractivity contribution in [2.45, 2.75) is 13.8 Å². The number of rotatable bonds is 5. The fourth-order valence-electron chi connectivity index (χ4n) is 3.54. The van der Waals surface area contributed by atoms with E-state index in [4.69, 9.17) is 4.42 Å². The number of nitrogens with one attached hydrogen (secondary N) is 2. The van der Waals surface area contributed by atoms with Crippen molar-refractivity contribution in [3.05, 3.63) is 106 Å². The van der Waals surface area contributed by atoms with Crippen molar-refractivity contribution in [3.8, 4) is 28.5 Å². The first-order chi connectivity index (χ1) is 16.5. The number of aromatic nitrogens is 4. The smallest absolute Gasteiger partial charge is 0.256 e. The van der Waals surface area contributed by atoms with E-state index in [0.29, 0.717) is 34.1 Å². The van der Waals surface area contributed by atoms with Crippen molar-refractivity contribution in [1.29, 1.82) is 0 Å². The highest BCUT2D eigenvalue weighted by molar-refractivity contribution is 6.04. The van der Waals surface area contributed by atoms with E-state index < -0.39 is 0 Å². The maximum atomic E-state index is 13.1. The summed E-state index contributed by atoms with van der Waals surface area (Å²) in [6.45, 7) is 3.45. The maximum absolute atomic E-state index is 13.1. The largest absolute Gasteiger partial charge is 0.463 e. The van der Waals surface area contributed by atoms with E-state index in [0.717, 1.165) is 11.1 Å². The molecule has 0 atom stereocenters. The molecule has 0 aliphatic heterocycles. The summed E-state index contributed by atoms with van der Waals surface area (Å²) in [6.07, 6.45) is 1.54. The van der Waals surface area contributed by atoms with Gasteiger partial charge in [-0.05, 0) is 49.2 Å². The molecule has 168 valence electrons. The Hall–Kier alpha value is -4.72. The van der Waals surface area contributed by atoms with E-state index in [1.165, 1.54) is 10.9 Å². The summed E-state index contributed by atoms with van der Waals surface area (Å²) >= 11 is 0. The summed E-state index contributed by atoms with van der Waals surface area (Å²) in [7, 11) is 0. The van der Waals surface area contributed by atoms with Gasteiger partial charge in [0.25, 0.3) is 11.5 Å². The normalized spacial score (nSPS) is 10.9. The molecule has 0 spiro atoms. The van der Waals surface area contributed by atoms with Crippen molar-refractivity contribution >= 4 is 11.7 Å². The molecule has 1 amide bonds. The summed E-state index contributed by atoms with van der Waals surface area (Å²) in [5.74, 6) is 0.737. The molecule has 0 radical (unpaired) electrons. The standard InChI is InChI=1S/C26H21N5O3/c1-16-17(2)27-26(29-24(16)32)31-23(15-21(30-31)22-9-6-14-34-22)28-25(33)20-12-10-19(11-13-20)18-7-4-3-5-8-18/h3-15H,1-2H3,(H,28,33)(H,27,29,32). The topological polar surface area (TPSA) is 106 Å². The summed E-state index contributed by atoms with van der Waals surface area (Å²) in [6, 6.07) is 22.4. The van der Waals surface area contributed by atoms with Crippen LogP contribution in [0.1, 0.15) is 21.6 Å². The minimum Gasteiger partial charge on any atom is -0.463 e. The van der Waals surface area contributed by atoms with Gasteiger partial charge in [0, 0.05) is 22.9 Å². The van der Waals surface area contributed by atoms with Crippen LogP contribution in [-0.2, 0) is 0 Å². The Bertz CT molecular complexity index is 1520. The number of hydrogen-bond donors (Lipinski definition) is 2. The second kappa shape index (κ2) is 8.67. The van der Waals surface area contributed by atoms with Crippen molar-refractivity contribution in [2.75, 3.05) is 5.32 Å². The van der Waals surface area contributed by atoms with Crippen LogP contribution in [0.2, 0.25) is 0 Å². The summed E-state index contributed by atoms with van der Waals surface area (Å²) in [5.41, 5.74) is 3.87. The average Bonchev–Trinajstić information content (AvgIpc) is 3.53. The van der Waals surface area contributed by atoms with E-state index in [-0.39, 0.29) is 17.4 Å². The molecule has 0 aliphatic rings. The van der Waals surface area contributed by atoms with Gasteiger partial charge in [-0.2, -0.15) is 9.78 Å². The number of nitrogens with zero attached hydrogens (tertiary/aromatic N) is 3. The lowest BCUT2D eigenvalue weighted by Gasteiger charge is -2.10. The fraction of sp³-hybridized carbons (Fsp3) is 0.0769. The molecule has 34 heavy (non-hydrogen) atoms. The molecule has 0 fully saturated rings. The number of amides is 1. The van der Waals surface area contributed by atoms with Crippen LogP contribution in [0.15, 0.2) is 88.3 Å². The molecule has 0 bridgehead atoms. The van der Waals surface area contributed by atoms with Crippen LogP contribution in [0.4, 0.5) is 5.82 Å². The monoisotopic (exact) mass is 451 g/mol. The third kappa shape index (κ3) is 4.04. The van der Waals surface area contributed by atoms with Crippen LogP contribution in [0.25, 0.3) is 28.5 Å². The van der Waals surface area contributed by atoms with Crippen LogP contribution in [-0.4, -0.2) is 25.7 Å². The van der Waals surface area contributed by atoms with E-state index >= 15 is 0 Å². The highest BCUT2D eigenvalue weighted by atomic mass is 16.3. The number of benzene rings is 2. The van der Waals surface area contributed by atoms with Crippen molar-refractivity contribution in [3.63, 3.8) is 0 Å². The van der Waals surface area contributed by atoms with E-state index in [1.54, 1.807) is 44.2 Å². The lowest BCUT2D eigenvalue weighted by atomic mass is 10.0. The summed E-state index contributed by atoms with van der Waals surface area (Å²) in [5, 5.41) is 7.39. The Morgan fingerprint density at radius 2 is 1.71 bits per heavy atom. The molecular weight excluding hydrogens is 430 g/mol. The van der Waals surface area contributed by atoms with Gasteiger partial charge in [0.05, 0.1) is 6.26 Å². The van der Waals surface area contributed by atoms with Gasteiger partial charge in [0.1, 0.15) is 11.5 Å². The van der Waals surface area contributed by atoms with Gasteiger partial charge in [0.15, 0.2) is 5.76 Å². The predicted octanol–water partition coefficient (Wildman–Crippen LogP) is 4.75. The zero-order valence-electron chi connectivity index (χ0n) is 18.6. The van der Waals surface area contributed by atoms with Crippen LogP contribution in [0.5, 0.6) is 0 Å². The molecule has 2 N–H and O–H groups in total. The molecule has 8 nitrogen and oxygen atoms in total. The molecule has 0 saturated carbocycles. The van der Waals surface area contributed by atoms with Crippen molar-refractivity contribution in [2.24, 2.45) is 0 Å². The van der Waals surface area contributed by atoms with E-state index in [2.05, 4.69) is 20.4 Å². The Balaban J connectivity index is 1.49. The van der Waals surface area contributed by atoms with Crippen LogP contribution < -0.4 is 10.9 Å². The highest BCUT2D eigenvalue weighted by Crippen LogP contribution is 2.25. The third-order valence-electron chi connectivity index (χ3n) is 5.56. The minimum atomic E-state index is -0.321. The number of anilines is 1. The number of aromatic amines is 1. The molecule has 8 heteroatoms. The third-order valence-corrected chi connectivity index (χ3v) is 5.56. The van der Waals surface area contributed by atoms with Gasteiger partial charge in [0.2, 0.25) is 5.95 Å². The first-order valence-electron chi connectivity index (χ1n) is 10.7. The van der Waals surface area contributed by atoms with Gasteiger partial charge in [-0.15, -0.1) is 0 Å². The van der Waals surface area contributed by atoms with Gasteiger partial charge in [-0.3, -0.25) is 14.6 Å². The zero-order chi connectivity index (χ0) is 23.7. The molecule has 3 heterocycles. The average molecular weight is 451 g/mol. The second-order valence-corrected chi connectivity index (χ2v) is 7.80. The van der Waals surface area contributed by atoms with Gasteiger partial charge >= 0.3 is 0 Å². The van der Waals surface area contributed by atoms with E-state index in [1.807, 2.05) is 42.5 Å². The van der Waals surface area contributed by atoms with Crippen LogP contribution in [0.3, 0.4) is 0 Å². The number of carbonyl (C=O) groups is 1. The summed E-state index contributed by atoms with van der Waals surface area (Å²) in [4.78, 5) is 32.6. The van der Waals surface area contributed by atoms with Crippen molar-refractivity contribution < 1.29 is 9.21 Å². The number of carbonyl (C=O) groups excluding carboxylic acids is 1. The molecule has 2 aromatic carbocycles. The van der Waals surface area contributed by atoms with Crippen molar-refractivity contribution in [1.82, 2.24) is 19.7 Å². The van der Waals surface area contributed by atoms with Gasteiger partial charge in [-0.25, -0.2) is 4.98 Å². The number of furan rings is 1. The number of H-pyrrole nitrogens is 1. The fourth-order valence-corrected chi connectivity index (χ4v) is 3.54. The van der Waals surface area contributed by atoms with Gasteiger partial charge < -0.3 is 9.73 Å². The molecule has 3 aromatic heterocycles. The lowest BCUT2D eigenvalue weighted by molar-refractivity contribution is 0.102. The second-order valence-electron chi connectivity index (χ2n) is 7.80. The Morgan fingerprint density at radius 1 is 0.971 bits per heavy atom. The Kier molecular flexibility index (Phi) is 5.39. The van der Waals surface area contributed by atoms with Crippen LogP contribution in [0, 0.1) is 13.8 Å². The van der Waals surface area contributed by atoms with Gasteiger partial charge in [-0.1, -0.05) is 42.5 Å². The predicted molar refractivity (Wildman–Crippen MR) is 129 cm³/mol. The molecule has 5 rings (SSSR count). The Morgan fingerprint density at radius 3 is 2.38 bits per heavy atom. The molecule has 0 aliphatic carbocycles. The summed E-state index contributed by atoms with van der Waals surface area (Å²) < 4.78 is 6.85. The first-order valence-corrected chi connectivity index (χ1v) is 10.7. The van der Waals surface area contributed by atoms with E-state index in [9.17, 15) is 9.59 Å². The zero-order valence-corrected chi connectivity index (χ0v) is 18.6.